The number of nitrogens with zero attached hydrogens (tertiary/aromatic N) is 4. The number of aromatic nitrogens is 5. The van der Waals surface area contributed by atoms with Crippen LogP contribution in [0, 0.1) is 0 Å². The number of aromatic amines is 1. The van der Waals surface area contributed by atoms with Crippen LogP contribution in [0.5, 0.6) is 0 Å². The lowest BCUT2D eigenvalue weighted by Gasteiger charge is -1.97. The Morgan fingerprint density at radius 3 is 2.72 bits per heavy atom. The van der Waals surface area contributed by atoms with Gasteiger partial charge < -0.3 is 0 Å². The fourth-order valence-electron chi connectivity index (χ4n) is 1.42. The zero-order valence-electron chi connectivity index (χ0n) is 9.88. The fraction of sp³-hybridized carbons (Fsp3) is 0.444. The second-order valence-corrected chi connectivity index (χ2v) is 6.51. The lowest BCUT2D eigenvalue weighted by molar-refractivity contribution is 0.585. The number of H-pyrrole nitrogens is 1. The standard InChI is InChI=1S/C9H12BrN5O2S/c1-3-8-11-9(13-12-8)18(16,17)5-7-6(10)4-15(2)14-7/h4H,3,5H2,1-2H3,(H,11,12,13). The number of hydrogen-bond donors (Lipinski definition) is 1. The van der Waals surface area contributed by atoms with Crippen LogP contribution in [0.25, 0.3) is 0 Å². The molecule has 0 spiro atoms. The molecule has 0 aromatic carbocycles. The summed E-state index contributed by atoms with van der Waals surface area (Å²) in [5, 5.41) is 10.2. The second kappa shape index (κ2) is 4.81. The van der Waals surface area contributed by atoms with Crippen molar-refractivity contribution in [1.82, 2.24) is 25.0 Å². The van der Waals surface area contributed by atoms with E-state index in [1.54, 1.807) is 17.9 Å². The van der Waals surface area contributed by atoms with Crippen molar-refractivity contribution >= 4 is 25.8 Å². The van der Waals surface area contributed by atoms with Crippen molar-refractivity contribution in [3.63, 3.8) is 0 Å². The summed E-state index contributed by atoms with van der Waals surface area (Å²) in [5.41, 5.74) is 0.445. The molecule has 0 aliphatic heterocycles. The summed E-state index contributed by atoms with van der Waals surface area (Å²) in [6.07, 6.45) is 2.30. The molecule has 2 heterocycles. The van der Waals surface area contributed by atoms with E-state index >= 15 is 0 Å². The van der Waals surface area contributed by atoms with Crippen LogP contribution in [0.2, 0.25) is 0 Å². The van der Waals surface area contributed by atoms with Gasteiger partial charge in [0.1, 0.15) is 11.6 Å². The van der Waals surface area contributed by atoms with Crippen LogP contribution in [0.15, 0.2) is 15.8 Å². The molecule has 0 amide bonds. The van der Waals surface area contributed by atoms with E-state index in [2.05, 4.69) is 36.2 Å². The quantitative estimate of drug-likeness (QED) is 0.894. The van der Waals surface area contributed by atoms with Crippen LogP contribution in [-0.2, 0) is 29.1 Å². The van der Waals surface area contributed by atoms with Crippen LogP contribution >= 0.6 is 15.9 Å². The number of halogens is 1. The minimum absolute atomic E-state index is 0.183. The van der Waals surface area contributed by atoms with Gasteiger partial charge in [-0.05, 0) is 15.9 Å². The van der Waals surface area contributed by atoms with Gasteiger partial charge in [-0.15, -0.1) is 5.10 Å². The molecule has 0 radical (unpaired) electrons. The smallest absolute Gasteiger partial charge is 0.267 e. The predicted octanol–water partition coefficient (Wildman–Crippen LogP) is 0.837. The second-order valence-electron chi connectivity index (χ2n) is 3.77. The molecular formula is C9H12BrN5O2S. The molecule has 98 valence electrons. The number of nitrogens with one attached hydrogen (secondary N) is 1. The lowest BCUT2D eigenvalue weighted by atomic mass is 10.5. The van der Waals surface area contributed by atoms with E-state index in [4.69, 9.17) is 0 Å². The summed E-state index contributed by atoms with van der Waals surface area (Å²) in [7, 11) is -1.85. The first-order chi connectivity index (χ1) is 8.42. The number of aryl methyl sites for hydroxylation is 2. The minimum atomic E-state index is -3.57. The highest BCUT2D eigenvalue weighted by molar-refractivity contribution is 9.10. The molecule has 2 aromatic rings. The van der Waals surface area contributed by atoms with E-state index in [-0.39, 0.29) is 10.9 Å². The molecule has 1 N–H and O–H groups in total. The van der Waals surface area contributed by atoms with Gasteiger partial charge in [-0.1, -0.05) is 6.92 Å². The Balaban J connectivity index is 2.29. The molecule has 0 unspecified atom stereocenters. The Morgan fingerprint density at radius 1 is 1.50 bits per heavy atom. The normalized spacial score (nSPS) is 11.9. The number of rotatable bonds is 4. The van der Waals surface area contributed by atoms with Crippen LogP contribution in [0.3, 0.4) is 0 Å². The predicted molar refractivity (Wildman–Crippen MR) is 67.6 cm³/mol. The third kappa shape index (κ3) is 2.61. The van der Waals surface area contributed by atoms with Gasteiger partial charge in [-0.2, -0.15) is 5.10 Å². The molecule has 0 saturated carbocycles. The summed E-state index contributed by atoms with van der Waals surface area (Å²) in [4.78, 5) is 3.93. The molecule has 9 heteroatoms. The monoisotopic (exact) mass is 333 g/mol. The van der Waals surface area contributed by atoms with E-state index in [1.807, 2.05) is 6.92 Å². The van der Waals surface area contributed by atoms with E-state index in [1.165, 1.54) is 0 Å². The molecule has 0 aliphatic rings. The zero-order chi connectivity index (χ0) is 13.3. The van der Waals surface area contributed by atoms with Crippen molar-refractivity contribution in [2.45, 2.75) is 24.3 Å². The van der Waals surface area contributed by atoms with Crippen molar-refractivity contribution in [1.29, 1.82) is 0 Å². The summed E-state index contributed by atoms with van der Waals surface area (Å²) in [6.45, 7) is 1.87. The van der Waals surface area contributed by atoms with Crippen molar-refractivity contribution < 1.29 is 8.42 Å². The Labute approximate surface area is 113 Å². The molecule has 0 fully saturated rings. The van der Waals surface area contributed by atoms with Gasteiger partial charge in [0.2, 0.25) is 9.84 Å². The Bertz CT molecular complexity index is 660. The Kier molecular flexibility index (Phi) is 3.53. The first kappa shape index (κ1) is 13.2. The van der Waals surface area contributed by atoms with Gasteiger partial charge in [-0.3, -0.25) is 9.78 Å². The lowest BCUT2D eigenvalue weighted by Crippen LogP contribution is -2.08. The third-order valence-electron chi connectivity index (χ3n) is 2.31. The molecule has 0 atom stereocenters. The molecule has 0 saturated heterocycles. The molecule has 2 aromatic heterocycles. The maximum absolute atomic E-state index is 12.1. The largest absolute Gasteiger partial charge is 0.274 e. The first-order valence-electron chi connectivity index (χ1n) is 5.24. The highest BCUT2D eigenvalue weighted by Gasteiger charge is 2.23. The SMILES string of the molecule is CCc1nc(S(=O)(=O)Cc2nn(C)cc2Br)n[nH]1. The highest BCUT2D eigenvalue weighted by Crippen LogP contribution is 2.19. The number of sulfone groups is 1. The van der Waals surface area contributed by atoms with Crippen molar-refractivity contribution in [3.05, 3.63) is 22.2 Å². The van der Waals surface area contributed by atoms with Crippen LogP contribution in [-0.4, -0.2) is 33.4 Å². The molecular weight excluding hydrogens is 322 g/mol. The maximum Gasteiger partial charge on any atom is 0.267 e. The molecule has 0 aliphatic carbocycles. The van der Waals surface area contributed by atoms with Gasteiger partial charge in [-0.25, -0.2) is 13.4 Å². The van der Waals surface area contributed by atoms with Gasteiger partial charge in [0, 0.05) is 19.7 Å². The average Bonchev–Trinajstić information content (AvgIpc) is 2.86. The summed E-state index contributed by atoms with van der Waals surface area (Å²) in [6, 6.07) is 0. The molecule has 0 bridgehead atoms. The topological polar surface area (TPSA) is 93.5 Å². The zero-order valence-corrected chi connectivity index (χ0v) is 12.3. The van der Waals surface area contributed by atoms with Crippen molar-refractivity contribution in [2.24, 2.45) is 7.05 Å². The fourth-order valence-corrected chi connectivity index (χ4v) is 3.26. The van der Waals surface area contributed by atoms with Gasteiger partial charge >= 0.3 is 0 Å². The van der Waals surface area contributed by atoms with Gasteiger partial charge in [0.05, 0.1) is 10.2 Å². The van der Waals surface area contributed by atoms with Gasteiger partial charge in [0.25, 0.3) is 5.16 Å². The number of hydrogen-bond acceptors (Lipinski definition) is 5. The summed E-state index contributed by atoms with van der Waals surface area (Å²) >= 11 is 3.26. The average molecular weight is 334 g/mol. The highest BCUT2D eigenvalue weighted by atomic mass is 79.9. The van der Waals surface area contributed by atoms with E-state index < -0.39 is 9.84 Å². The maximum atomic E-state index is 12.1. The summed E-state index contributed by atoms with van der Waals surface area (Å²) < 4.78 is 26.4. The van der Waals surface area contributed by atoms with E-state index in [0.29, 0.717) is 22.4 Å². The van der Waals surface area contributed by atoms with E-state index in [9.17, 15) is 8.42 Å². The third-order valence-corrected chi connectivity index (χ3v) is 4.36. The van der Waals surface area contributed by atoms with E-state index in [0.717, 1.165) is 0 Å². The minimum Gasteiger partial charge on any atom is -0.274 e. The molecule has 7 nitrogen and oxygen atoms in total. The Morgan fingerprint density at radius 2 is 2.22 bits per heavy atom. The van der Waals surface area contributed by atoms with Gasteiger partial charge in [0.15, 0.2) is 0 Å². The van der Waals surface area contributed by atoms with Crippen LogP contribution < -0.4 is 0 Å². The van der Waals surface area contributed by atoms with Crippen LogP contribution in [0.4, 0.5) is 0 Å². The summed E-state index contributed by atoms with van der Waals surface area (Å²) in [5.74, 6) is 0.323. The van der Waals surface area contributed by atoms with Crippen molar-refractivity contribution in [3.8, 4) is 0 Å². The first-order valence-corrected chi connectivity index (χ1v) is 7.69. The Hall–Kier alpha value is -1.22. The van der Waals surface area contributed by atoms with Crippen LogP contribution in [0.1, 0.15) is 18.4 Å². The van der Waals surface area contributed by atoms with Crippen molar-refractivity contribution in [2.75, 3.05) is 0 Å². The molecule has 2 rings (SSSR count). The molecule has 18 heavy (non-hydrogen) atoms.